The molecule has 2 N–H and O–H groups in total. The van der Waals surface area contributed by atoms with Crippen molar-refractivity contribution >= 4 is 45.5 Å². The number of nitrogens with zero attached hydrogens (tertiary/aromatic N) is 5. The summed E-state index contributed by atoms with van der Waals surface area (Å²) >= 11 is 6.39. The smallest absolute Gasteiger partial charge is 0.343 e. The number of aromatic nitrogens is 5. The van der Waals surface area contributed by atoms with E-state index < -0.39 is 24.5 Å². The van der Waals surface area contributed by atoms with Gasteiger partial charge in [0, 0.05) is 43.7 Å². The van der Waals surface area contributed by atoms with Gasteiger partial charge in [-0.1, -0.05) is 11.6 Å². The molecule has 3 aromatic heterocycles. The first-order valence-corrected chi connectivity index (χ1v) is 13.3. The molecule has 0 radical (unpaired) electrons. The van der Waals surface area contributed by atoms with Crippen LogP contribution in [-0.2, 0) is 22.6 Å². The number of rotatable bonds is 4. The molecule has 1 atom stereocenters. The van der Waals surface area contributed by atoms with E-state index in [-0.39, 0.29) is 37.0 Å². The molecule has 0 saturated carbocycles. The van der Waals surface area contributed by atoms with Gasteiger partial charge < -0.3 is 9.80 Å². The number of hydrogen-bond acceptors (Lipinski definition) is 5. The summed E-state index contributed by atoms with van der Waals surface area (Å²) in [5, 5.41) is 7.62. The van der Waals surface area contributed by atoms with E-state index in [1.54, 1.807) is 27.8 Å². The maximum atomic E-state index is 13.5. The molecule has 4 aromatic rings. The Morgan fingerprint density at radius 3 is 2.73 bits per heavy atom. The number of alkyl halides is 3. The normalized spacial score (nSPS) is 18.9. The largest absolute Gasteiger partial charge is 0.406 e. The molecule has 2 amide bonds. The molecule has 2 aliphatic heterocycles. The monoisotopic (exact) mass is 575 g/mol. The van der Waals surface area contributed by atoms with Crippen molar-refractivity contribution in [1.82, 2.24) is 34.5 Å². The molecular formula is C26H25ClF3N7O3. The van der Waals surface area contributed by atoms with E-state index >= 15 is 0 Å². The molecule has 0 unspecified atom stereocenters. The van der Waals surface area contributed by atoms with Gasteiger partial charge >= 0.3 is 11.9 Å². The van der Waals surface area contributed by atoms with E-state index in [2.05, 4.69) is 20.2 Å². The zero-order chi connectivity index (χ0) is 28.2. The van der Waals surface area contributed by atoms with Crippen molar-refractivity contribution in [1.29, 1.82) is 0 Å². The minimum Gasteiger partial charge on any atom is -0.343 e. The van der Waals surface area contributed by atoms with Crippen LogP contribution >= 0.6 is 11.6 Å². The number of benzene rings is 1. The quantitative estimate of drug-likeness (QED) is 0.385. The number of carbonyl (C=O) groups is 2. The highest BCUT2D eigenvalue weighted by molar-refractivity contribution is 6.35. The van der Waals surface area contributed by atoms with Crippen LogP contribution in [0.3, 0.4) is 0 Å². The zero-order valence-electron chi connectivity index (χ0n) is 21.2. The van der Waals surface area contributed by atoms with E-state index in [0.717, 1.165) is 4.90 Å². The van der Waals surface area contributed by atoms with Crippen LogP contribution in [0.5, 0.6) is 0 Å². The van der Waals surface area contributed by atoms with Gasteiger partial charge in [-0.3, -0.25) is 24.2 Å². The fraction of sp³-hybridized carbons (Fsp3) is 0.423. The SMILES string of the molecule is O=C(C[C@H]1Cc2cc(Cl)c3[nH]ncc3c2CN(CC(F)(F)F)C1=O)N1CCC(n2c(=O)[nH]c3ncccc32)CC1. The van der Waals surface area contributed by atoms with Gasteiger partial charge in [-0.05, 0) is 48.6 Å². The molecule has 0 bridgehead atoms. The number of halogens is 4. The first-order valence-electron chi connectivity index (χ1n) is 12.9. The van der Waals surface area contributed by atoms with Crippen LogP contribution in [0.2, 0.25) is 5.02 Å². The molecule has 2 aliphatic rings. The number of aromatic amines is 2. The van der Waals surface area contributed by atoms with Crippen molar-refractivity contribution in [2.75, 3.05) is 19.6 Å². The number of fused-ring (bicyclic) bond motifs is 4. The van der Waals surface area contributed by atoms with Gasteiger partial charge in [0.1, 0.15) is 6.54 Å². The van der Waals surface area contributed by atoms with Gasteiger partial charge in [0.25, 0.3) is 0 Å². The Balaban J connectivity index is 1.21. The Kier molecular flexibility index (Phi) is 6.56. The molecule has 1 fully saturated rings. The van der Waals surface area contributed by atoms with E-state index in [9.17, 15) is 27.6 Å². The van der Waals surface area contributed by atoms with Crippen LogP contribution in [0.1, 0.15) is 36.4 Å². The Morgan fingerprint density at radius 2 is 1.98 bits per heavy atom. The molecule has 0 spiro atoms. The summed E-state index contributed by atoms with van der Waals surface area (Å²) in [7, 11) is 0. The lowest BCUT2D eigenvalue weighted by molar-refractivity contribution is -0.165. The average Bonchev–Trinajstić information content (AvgIpc) is 3.50. The minimum atomic E-state index is -4.60. The maximum Gasteiger partial charge on any atom is 0.406 e. The first-order chi connectivity index (χ1) is 19.1. The minimum absolute atomic E-state index is 0.0866. The molecular weight excluding hydrogens is 551 g/mol. The van der Waals surface area contributed by atoms with Gasteiger partial charge in [-0.15, -0.1) is 0 Å². The van der Waals surface area contributed by atoms with Crippen molar-refractivity contribution in [3.05, 3.63) is 57.2 Å². The Hall–Kier alpha value is -3.87. The molecule has 0 aliphatic carbocycles. The Labute approximate surface area is 230 Å². The van der Waals surface area contributed by atoms with E-state index in [1.807, 2.05) is 6.07 Å². The van der Waals surface area contributed by atoms with Gasteiger partial charge in [-0.25, -0.2) is 9.78 Å². The summed E-state index contributed by atoms with van der Waals surface area (Å²) in [6, 6.07) is 5.06. The summed E-state index contributed by atoms with van der Waals surface area (Å²) in [6.07, 6.45) is -0.626. The van der Waals surface area contributed by atoms with Crippen LogP contribution in [0.15, 0.2) is 35.4 Å². The highest BCUT2D eigenvalue weighted by atomic mass is 35.5. The first kappa shape index (κ1) is 26.4. The number of hydrogen-bond donors (Lipinski definition) is 2. The van der Waals surface area contributed by atoms with E-state index in [4.69, 9.17) is 11.6 Å². The van der Waals surface area contributed by atoms with Crippen molar-refractivity contribution < 1.29 is 22.8 Å². The third-order valence-electron chi connectivity index (χ3n) is 7.83. The predicted molar refractivity (Wildman–Crippen MR) is 140 cm³/mol. The molecule has 40 heavy (non-hydrogen) atoms. The summed E-state index contributed by atoms with van der Waals surface area (Å²) < 4.78 is 42.0. The average molecular weight is 576 g/mol. The maximum absolute atomic E-state index is 13.5. The Bertz CT molecular complexity index is 1670. The van der Waals surface area contributed by atoms with Crippen LogP contribution in [0.25, 0.3) is 22.1 Å². The number of piperidine rings is 1. The topological polar surface area (TPSA) is 120 Å². The lowest BCUT2D eigenvalue weighted by Crippen LogP contribution is -2.44. The second-order valence-electron chi connectivity index (χ2n) is 10.4. The number of imidazole rings is 1. The summed E-state index contributed by atoms with van der Waals surface area (Å²) in [5.74, 6) is -2.01. The summed E-state index contributed by atoms with van der Waals surface area (Å²) in [6.45, 7) is -0.967. The summed E-state index contributed by atoms with van der Waals surface area (Å²) in [5.41, 5.74) is 2.57. The third-order valence-corrected chi connectivity index (χ3v) is 8.13. The van der Waals surface area contributed by atoms with E-state index in [0.29, 0.717) is 64.1 Å². The van der Waals surface area contributed by atoms with Crippen LogP contribution in [0, 0.1) is 5.92 Å². The third kappa shape index (κ3) is 4.82. The number of nitrogens with one attached hydrogen (secondary N) is 2. The number of H-pyrrole nitrogens is 2. The predicted octanol–water partition coefficient (Wildman–Crippen LogP) is 3.57. The molecule has 1 saturated heterocycles. The second kappa shape index (κ2) is 9.95. The standard InChI is InChI=1S/C26H25ClF3N7O3/c27-19-9-14-8-15(24(39)36(13-26(28,29)30)12-18(14)17-11-32-34-22(17)19)10-21(38)35-6-3-16(4-7-35)37-20-2-1-5-31-23(20)33-25(37)40/h1-2,5,9,11,15-16H,3-4,6-8,10,12-13H2,(H,32,34)(H,31,33,40)/t15-/m1/s1. The molecule has 210 valence electrons. The molecule has 1 aromatic carbocycles. The number of likely N-dealkylation sites (tertiary alicyclic amines) is 1. The van der Waals surface area contributed by atoms with Crippen molar-refractivity contribution in [2.24, 2.45) is 5.92 Å². The van der Waals surface area contributed by atoms with Crippen LogP contribution < -0.4 is 5.69 Å². The van der Waals surface area contributed by atoms with Crippen molar-refractivity contribution in [2.45, 2.75) is 44.4 Å². The summed E-state index contributed by atoms with van der Waals surface area (Å²) in [4.78, 5) is 48.6. The van der Waals surface area contributed by atoms with Crippen LogP contribution in [-0.4, -0.2) is 72.2 Å². The number of amides is 2. The molecule has 5 heterocycles. The second-order valence-corrected chi connectivity index (χ2v) is 10.8. The highest BCUT2D eigenvalue weighted by Crippen LogP contribution is 2.35. The number of pyridine rings is 1. The lowest BCUT2D eigenvalue weighted by Gasteiger charge is -2.33. The lowest BCUT2D eigenvalue weighted by atomic mass is 9.92. The number of carbonyl (C=O) groups excluding carboxylic acids is 2. The van der Waals surface area contributed by atoms with Crippen molar-refractivity contribution in [3.63, 3.8) is 0 Å². The van der Waals surface area contributed by atoms with Crippen LogP contribution in [0.4, 0.5) is 13.2 Å². The van der Waals surface area contributed by atoms with Gasteiger partial charge in [-0.2, -0.15) is 18.3 Å². The van der Waals surface area contributed by atoms with Gasteiger partial charge in [0.15, 0.2) is 5.65 Å². The van der Waals surface area contributed by atoms with Crippen molar-refractivity contribution in [3.8, 4) is 0 Å². The molecule has 14 heteroatoms. The molecule has 6 rings (SSSR count). The Morgan fingerprint density at radius 1 is 1.20 bits per heavy atom. The van der Waals surface area contributed by atoms with Gasteiger partial charge in [0.2, 0.25) is 11.8 Å². The van der Waals surface area contributed by atoms with Gasteiger partial charge in [0.05, 0.1) is 28.2 Å². The van der Waals surface area contributed by atoms with E-state index in [1.165, 1.54) is 6.20 Å². The fourth-order valence-electron chi connectivity index (χ4n) is 5.97. The zero-order valence-corrected chi connectivity index (χ0v) is 21.9. The molecule has 10 nitrogen and oxygen atoms in total. The fourth-order valence-corrected chi connectivity index (χ4v) is 6.25. The highest BCUT2D eigenvalue weighted by Gasteiger charge is 2.39.